The van der Waals surface area contributed by atoms with E-state index in [-0.39, 0.29) is 11.9 Å². The normalized spacial score (nSPS) is 16.3. The number of carbonyl (C=O) groups is 1. The fourth-order valence-electron chi connectivity index (χ4n) is 3.30. The molecular weight excluding hydrogens is 346 g/mol. The highest BCUT2D eigenvalue weighted by Crippen LogP contribution is 2.18. The summed E-state index contributed by atoms with van der Waals surface area (Å²) in [6.45, 7) is 8.30. The minimum Gasteiger partial charge on any atom is -0.369 e. The monoisotopic (exact) mass is 371 g/mol. The first-order valence-electron chi connectivity index (χ1n) is 9.11. The molecule has 1 fully saturated rings. The van der Waals surface area contributed by atoms with Gasteiger partial charge in [-0.05, 0) is 49.2 Å². The molecule has 0 aliphatic carbocycles. The molecule has 0 spiro atoms. The zero-order chi connectivity index (χ0) is 18.5. The number of nitrogens with zero attached hydrogens (tertiary/aromatic N) is 2. The molecule has 0 saturated carbocycles. The fraction of sp³-hybridized carbons (Fsp3) is 0.381. The summed E-state index contributed by atoms with van der Waals surface area (Å²) in [6, 6.07) is 16.0. The summed E-state index contributed by atoms with van der Waals surface area (Å²) < 4.78 is 0. The summed E-state index contributed by atoms with van der Waals surface area (Å²) in [7, 11) is 0. The van der Waals surface area contributed by atoms with Crippen molar-refractivity contribution in [3.05, 3.63) is 64.7 Å². The number of halogens is 1. The van der Waals surface area contributed by atoms with Crippen molar-refractivity contribution >= 4 is 23.2 Å². The summed E-state index contributed by atoms with van der Waals surface area (Å²) in [5, 5.41) is 3.74. The second kappa shape index (κ2) is 8.56. The Labute approximate surface area is 160 Å². The maximum Gasteiger partial charge on any atom is 0.237 e. The van der Waals surface area contributed by atoms with E-state index >= 15 is 0 Å². The second-order valence-electron chi connectivity index (χ2n) is 6.88. The van der Waals surface area contributed by atoms with E-state index in [1.54, 1.807) is 0 Å². The smallest absolute Gasteiger partial charge is 0.237 e. The lowest BCUT2D eigenvalue weighted by Gasteiger charge is -2.38. The summed E-state index contributed by atoms with van der Waals surface area (Å²) in [4.78, 5) is 17.1. The van der Waals surface area contributed by atoms with Gasteiger partial charge in [-0.25, -0.2) is 0 Å². The van der Waals surface area contributed by atoms with Crippen molar-refractivity contribution in [3.8, 4) is 0 Å². The maximum absolute atomic E-state index is 12.5. The number of piperazine rings is 1. The minimum absolute atomic E-state index is 0.0731. The molecule has 1 N–H and O–H groups in total. The molecule has 2 aromatic rings. The van der Waals surface area contributed by atoms with E-state index in [0.29, 0.717) is 11.6 Å². The first-order valence-corrected chi connectivity index (χ1v) is 9.48. The molecule has 1 saturated heterocycles. The molecule has 1 unspecified atom stereocenters. The van der Waals surface area contributed by atoms with E-state index in [4.69, 9.17) is 11.6 Å². The minimum atomic E-state index is -0.123. The summed E-state index contributed by atoms with van der Waals surface area (Å²) in [5.41, 5.74) is 3.60. The first kappa shape index (κ1) is 18.7. The molecule has 5 heteroatoms. The van der Waals surface area contributed by atoms with E-state index in [2.05, 4.69) is 46.3 Å². The maximum atomic E-state index is 12.5. The Kier molecular flexibility index (Phi) is 6.17. The Balaban J connectivity index is 1.48. The number of rotatable bonds is 5. The molecule has 2 aromatic carbocycles. The SMILES string of the molecule is Cc1cccc(N2CCN(C(C)C(=O)NCc3ccc(Cl)cc3)CC2)c1. The van der Waals surface area contributed by atoms with Gasteiger partial charge in [0.1, 0.15) is 0 Å². The first-order chi connectivity index (χ1) is 12.5. The van der Waals surface area contributed by atoms with Crippen LogP contribution in [-0.4, -0.2) is 43.0 Å². The van der Waals surface area contributed by atoms with Crippen LogP contribution >= 0.6 is 11.6 Å². The largest absolute Gasteiger partial charge is 0.369 e. The molecular formula is C21H26ClN3O. The Hall–Kier alpha value is -2.04. The predicted octanol–water partition coefficient (Wildman–Crippen LogP) is 3.48. The molecule has 1 heterocycles. The van der Waals surface area contributed by atoms with E-state index in [1.807, 2.05) is 31.2 Å². The lowest BCUT2D eigenvalue weighted by molar-refractivity contribution is -0.126. The van der Waals surface area contributed by atoms with Gasteiger partial charge in [0.05, 0.1) is 6.04 Å². The zero-order valence-corrected chi connectivity index (χ0v) is 16.2. The van der Waals surface area contributed by atoms with Crippen LogP contribution in [0.2, 0.25) is 5.02 Å². The van der Waals surface area contributed by atoms with Gasteiger partial charge >= 0.3 is 0 Å². The summed E-state index contributed by atoms with van der Waals surface area (Å²) in [5.74, 6) is 0.0731. The number of amides is 1. The van der Waals surface area contributed by atoms with Crippen LogP contribution in [0.3, 0.4) is 0 Å². The molecule has 0 aromatic heterocycles. The Bertz CT molecular complexity index is 739. The number of anilines is 1. The Morgan fingerprint density at radius 1 is 1.12 bits per heavy atom. The lowest BCUT2D eigenvalue weighted by atomic mass is 10.1. The van der Waals surface area contributed by atoms with Crippen LogP contribution in [-0.2, 0) is 11.3 Å². The van der Waals surface area contributed by atoms with Gasteiger partial charge < -0.3 is 10.2 Å². The molecule has 138 valence electrons. The van der Waals surface area contributed by atoms with Crippen LogP contribution in [0.25, 0.3) is 0 Å². The van der Waals surface area contributed by atoms with Crippen molar-refractivity contribution in [2.45, 2.75) is 26.4 Å². The van der Waals surface area contributed by atoms with Crippen molar-refractivity contribution in [2.24, 2.45) is 0 Å². The summed E-state index contributed by atoms with van der Waals surface area (Å²) in [6.07, 6.45) is 0. The van der Waals surface area contributed by atoms with E-state index < -0.39 is 0 Å². The molecule has 26 heavy (non-hydrogen) atoms. The van der Waals surface area contributed by atoms with Crippen LogP contribution in [0.4, 0.5) is 5.69 Å². The third-order valence-electron chi connectivity index (χ3n) is 4.99. The van der Waals surface area contributed by atoms with Crippen molar-refractivity contribution in [2.75, 3.05) is 31.1 Å². The van der Waals surface area contributed by atoms with Crippen LogP contribution < -0.4 is 10.2 Å². The predicted molar refractivity (Wildman–Crippen MR) is 108 cm³/mol. The molecule has 0 radical (unpaired) electrons. The van der Waals surface area contributed by atoms with Crippen LogP contribution in [0.1, 0.15) is 18.1 Å². The molecule has 1 amide bonds. The third-order valence-corrected chi connectivity index (χ3v) is 5.24. The van der Waals surface area contributed by atoms with Gasteiger partial charge in [-0.15, -0.1) is 0 Å². The van der Waals surface area contributed by atoms with Crippen molar-refractivity contribution in [1.82, 2.24) is 10.2 Å². The molecule has 1 aliphatic rings. The molecule has 1 atom stereocenters. The number of carbonyl (C=O) groups excluding carboxylic acids is 1. The van der Waals surface area contributed by atoms with Gasteiger partial charge in [-0.2, -0.15) is 0 Å². The highest BCUT2D eigenvalue weighted by Gasteiger charge is 2.25. The van der Waals surface area contributed by atoms with E-state index in [9.17, 15) is 4.79 Å². The van der Waals surface area contributed by atoms with Crippen molar-refractivity contribution < 1.29 is 4.79 Å². The standard InChI is InChI=1S/C21H26ClN3O/c1-16-4-3-5-20(14-16)25-12-10-24(11-13-25)17(2)21(26)23-15-18-6-8-19(22)9-7-18/h3-9,14,17H,10-13,15H2,1-2H3,(H,23,26). The summed E-state index contributed by atoms with van der Waals surface area (Å²) >= 11 is 5.89. The van der Waals surface area contributed by atoms with Crippen LogP contribution in [0.5, 0.6) is 0 Å². The zero-order valence-electron chi connectivity index (χ0n) is 15.4. The number of hydrogen-bond donors (Lipinski definition) is 1. The number of nitrogens with one attached hydrogen (secondary N) is 1. The van der Waals surface area contributed by atoms with Crippen LogP contribution in [0, 0.1) is 6.92 Å². The Morgan fingerprint density at radius 2 is 1.81 bits per heavy atom. The highest BCUT2D eigenvalue weighted by molar-refractivity contribution is 6.30. The van der Waals surface area contributed by atoms with Crippen molar-refractivity contribution in [1.29, 1.82) is 0 Å². The number of hydrogen-bond acceptors (Lipinski definition) is 3. The van der Waals surface area contributed by atoms with Gasteiger partial charge in [-0.3, -0.25) is 9.69 Å². The second-order valence-corrected chi connectivity index (χ2v) is 7.32. The van der Waals surface area contributed by atoms with E-state index in [0.717, 1.165) is 31.7 Å². The average Bonchev–Trinajstić information content (AvgIpc) is 2.67. The highest BCUT2D eigenvalue weighted by atomic mass is 35.5. The van der Waals surface area contributed by atoms with Crippen molar-refractivity contribution in [3.63, 3.8) is 0 Å². The molecule has 1 aliphatic heterocycles. The van der Waals surface area contributed by atoms with Gasteiger partial charge in [0.2, 0.25) is 5.91 Å². The average molecular weight is 372 g/mol. The molecule has 0 bridgehead atoms. The third kappa shape index (κ3) is 4.77. The quantitative estimate of drug-likeness (QED) is 0.874. The number of aryl methyl sites for hydroxylation is 1. The van der Waals surface area contributed by atoms with Gasteiger partial charge in [0, 0.05) is 43.4 Å². The number of benzene rings is 2. The Morgan fingerprint density at radius 3 is 2.46 bits per heavy atom. The van der Waals surface area contributed by atoms with Gasteiger partial charge in [0.15, 0.2) is 0 Å². The topological polar surface area (TPSA) is 35.6 Å². The van der Waals surface area contributed by atoms with Gasteiger partial charge in [-0.1, -0.05) is 35.9 Å². The van der Waals surface area contributed by atoms with Gasteiger partial charge in [0.25, 0.3) is 0 Å². The lowest BCUT2D eigenvalue weighted by Crippen LogP contribution is -2.53. The molecule has 3 rings (SSSR count). The van der Waals surface area contributed by atoms with Crippen LogP contribution in [0.15, 0.2) is 48.5 Å². The molecule has 4 nitrogen and oxygen atoms in total. The fourth-order valence-corrected chi connectivity index (χ4v) is 3.42. The van der Waals surface area contributed by atoms with E-state index in [1.165, 1.54) is 11.3 Å².